The van der Waals surface area contributed by atoms with Crippen molar-refractivity contribution in [2.75, 3.05) is 33.6 Å². The molecule has 0 fully saturated rings. The van der Waals surface area contributed by atoms with E-state index in [1.807, 2.05) is 13.8 Å². The van der Waals surface area contributed by atoms with Crippen LogP contribution < -0.4 is 20.1 Å². The number of aliphatic carboxylic acids is 2. The minimum atomic E-state index is -5.08. The van der Waals surface area contributed by atoms with Crippen molar-refractivity contribution in [1.29, 1.82) is 0 Å². The van der Waals surface area contributed by atoms with E-state index in [2.05, 4.69) is 20.1 Å². The maximum Gasteiger partial charge on any atom is 0.573 e. The summed E-state index contributed by atoms with van der Waals surface area (Å²) in [5.74, 6) is -7.86. The molecule has 0 aliphatic carbocycles. The van der Waals surface area contributed by atoms with Gasteiger partial charge in [-0.1, -0.05) is 20.3 Å². The van der Waals surface area contributed by atoms with Gasteiger partial charge < -0.3 is 30.3 Å². The Balaban J connectivity index is 0.000000320. The van der Waals surface area contributed by atoms with Crippen LogP contribution in [0.3, 0.4) is 0 Å². The van der Waals surface area contributed by atoms with Crippen molar-refractivity contribution in [3.8, 4) is 11.5 Å². The molecule has 12 nitrogen and oxygen atoms in total. The van der Waals surface area contributed by atoms with Gasteiger partial charge in [0, 0.05) is 20.9 Å². The van der Waals surface area contributed by atoms with Gasteiger partial charge in [0.25, 0.3) is 0 Å². The molecule has 0 unspecified atom stereocenters. The normalized spacial score (nSPS) is 11.2. The number of carboxylic acid groups (broad SMARTS) is 2. The largest absolute Gasteiger partial charge is 0.573 e. The number of hydrogen-bond acceptors (Lipinski definition) is 12. The minimum Gasteiger partial charge on any atom is -0.481 e. The summed E-state index contributed by atoms with van der Waals surface area (Å²) in [6.07, 6.45) is -7.86. The summed E-state index contributed by atoms with van der Waals surface area (Å²) in [5, 5.41) is 22.9. The lowest BCUT2D eigenvalue weighted by Gasteiger charge is -2.10. The number of nitrogens with one attached hydrogen (secondary N) is 2. The van der Waals surface area contributed by atoms with Gasteiger partial charge in [0.1, 0.15) is 15.8 Å². The molecule has 23 heteroatoms. The van der Waals surface area contributed by atoms with Crippen molar-refractivity contribution in [2.24, 2.45) is 0 Å². The zero-order valence-electron chi connectivity index (χ0n) is 31.1. The highest BCUT2D eigenvalue weighted by Crippen LogP contribution is 2.34. The van der Waals surface area contributed by atoms with Gasteiger partial charge in [0.05, 0.1) is 34.1 Å². The highest BCUT2D eigenvalue weighted by molar-refractivity contribution is 8.00. The molecule has 0 bridgehead atoms. The molecule has 4 aromatic rings. The van der Waals surface area contributed by atoms with Gasteiger partial charge in [-0.3, -0.25) is 28.8 Å². The molecule has 2 amide bonds. The Morgan fingerprint density at radius 2 is 1.12 bits per heavy atom. The lowest BCUT2D eigenvalue weighted by Crippen LogP contribution is -2.18. The topological polar surface area (TPSA) is 185 Å². The quantitative estimate of drug-likeness (QED) is 0.0518. The highest BCUT2D eigenvalue weighted by Gasteiger charge is 2.33. The number of thioether (sulfide) groups is 2. The van der Waals surface area contributed by atoms with Crippen LogP contribution in [0.2, 0.25) is 0 Å². The average Bonchev–Trinajstić information content (AvgIpc) is 3.74. The summed E-state index contributed by atoms with van der Waals surface area (Å²) in [5.41, 5.74) is 0.196. The first-order chi connectivity index (χ1) is 28.1. The predicted molar refractivity (Wildman–Crippen MR) is 212 cm³/mol. The van der Waals surface area contributed by atoms with Gasteiger partial charge in [0.15, 0.2) is 23.1 Å². The van der Waals surface area contributed by atoms with Crippen LogP contribution in [0, 0.1) is 5.82 Å². The van der Waals surface area contributed by atoms with Crippen LogP contribution in [-0.2, 0) is 32.0 Å². The number of anilines is 2. The third kappa shape index (κ3) is 16.5. The lowest BCUT2D eigenvalue weighted by atomic mass is 10.0. The molecule has 2 heterocycles. The number of benzene rings is 2. The number of alkyl halides is 6. The second kappa shape index (κ2) is 22.5. The smallest absolute Gasteiger partial charge is 0.481 e. The van der Waals surface area contributed by atoms with Crippen LogP contribution in [0.15, 0.2) is 54.6 Å². The molecule has 60 heavy (non-hydrogen) atoms. The number of carbonyl (C=O) groups excluding carboxylic acids is 4. The Kier molecular flexibility index (Phi) is 18.4. The SMILES string of the molecule is CCCc1cc(C(=O)c2ccc(OC(F)(F)F)cc2)c(NC(=O)CSCC(=O)O)s1.CCc1cc(C(=O)c2ccc(OC(F)(F)F)c(F)c2)c(NC(=O)CSCC(=O)O)s1. The Bertz CT molecular complexity index is 2170. The number of rotatable bonds is 19. The maximum absolute atomic E-state index is 13.9. The summed E-state index contributed by atoms with van der Waals surface area (Å²) in [4.78, 5) is 72.4. The minimum absolute atomic E-state index is 0.0531. The number of carbonyl (C=O) groups is 6. The third-order valence-corrected chi connectivity index (χ3v) is 11.2. The van der Waals surface area contributed by atoms with Crippen LogP contribution in [0.5, 0.6) is 11.5 Å². The van der Waals surface area contributed by atoms with E-state index in [1.165, 1.54) is 29.5 Å². The number of thiophene rings is 2. The first-order valence-electron chi connectivity index (χ1n) is 17.0. The van der Waals surface area contributed by atoms with Crippen molar-refractivity contribution < 1.29 is 79.2 Å². The molecule has 4 N–H and O–H groups in total. The zero-order valence-corrected chi connectivity index (χ0v) is 34.4. The van der Waals surface area contributed by atoms with Crippen molar-refractivity contribution in [1.82, 2.24) is 0 Å². The van der Waals surface area contributed by atoms with Gasteiger partial charge in [-0.05, 0) is 67.4 Å². The van der Waals surface area contributed by atoms with Crippen LogP contribution >= 0.6 is 46.2 Å². The van der Waals surface area contributed by atoms with Crippen molar-refractivity contribution >= 4 is 91.5 Å². The van der Waals surface area contributed by atoms with Crippen LogP contribution in [0.4, 0.5) is 40.7 Å². The molecular formula is C37H33F7N2O10S4. The van der Waals surface area contributed by atoms with Gasteiger partial charge in [-0.2, -0.15) is 0 Å². The van der Waals surface area contributed by atoms with E-state index in [1.54, 1.807) is 6.07 Å². The van der Waals surface area contributed by atoms with Crippen molar-refractivity contribution in [3.63, 3.8) is 0 Å². The molecule has 0 saturated heterocycles. The van der Waals surface area contributed by atoms with Crippen molar-refractivity contribution in [2.45, 2.75) is 45.8 Å². The number of carboxylic acids is 2. The fourth-order valence-corrected chi connectivity index (χ4v) is 7.96. The average molecular weight is 927 g/mol. The number of aryl methyl sites for hydroxylation is 2. The number of ketones is 2. The van der Waals surface area contributed by atoms with Crippen molar-refractivity contribution in [3.05, 3.63) is 92.4 Å². The molecule has 0 radical (unpaired) electrons. The summed E-state index contributed by atoms with van der Waals surface area (Å²) in [6, 6.07) is 9.99. The number of ether oxygens (including phenoxy) is 2. The van der Waals surface area contributed by atoms with Gasteiger partial charge >= 0.3 is 24.7 Å². The summed E-state index contributed by atoms with van der Waals surface area (Å²) in [7, 11) is 0. The molecule has 0 aliphatic heterocycles. The van der Waals surface area contributed by atoms with Gasteiger partial charge in [-0.15, -0.1) is 72.5 Å². The Hall–Kier alpha value is -5.13. The van der Waals surface area contributed by atoms with Crippen LogP contribution in [0.25, 0.3) is 0 Å². The monoisotopic (exact) mass is 926 g/mol. The molecule has 2 aromatic carbocycles. The Labute approximate surface area is 352 Å². The first kappa shape index (κ1) is 49.2. The Morgan fingerprint density at radius 3 is 1.57 bits per heavy atom. The zero-order chi connectivity index (χ0) is 44.8. The predicted octanol–water partition coefficient (Wildman–Crippen LogP) is 8.92. The fraction of sp³-hybridized carbons (Fsp3) is 0.297. The van der Waals surface area contributed by atoms with Crippen LogP contribution in [0.1, 0.15) is 61.9 Å². The molecule has 324 valence electrons. The lowest BCUT2D eigenvalue weighted by molar-refractivity contribution is -0.276. The first-order valence-corrected chi connectivity index (χ1v) is 21.0. The second-order valence-corrected chi connectivity index (χ2v) is 16.1. The third-order valence-electron chi connectivity index (χ3n) is 7.09. The van der Waals surface area contributed by atoms with E-state index in [4.69, 9.17) is 10.2 Å². The summed E-state index contributed by atoms with van der Waals surface area (Å²) >= 11 is 4.15. The molecular weight excluding hydrogens is 894 g/mol. The standard InChI is InChI=1S/C19H18F3NO5S2.C18H15F4NO5S2/c1-2-3-13-8-14(18(30-13)23-15(24)9-29-10-16(25)26)17(27)11-4-6-12(7-5-11)28-19(20,21)22;1-2-10-6-11(17(30-10)23-14(24)7-29-8-15(25)26)16(27)9-3-4-13(12(19)5-9)28-18(20,21)22/h4-8H,2-3,9-10H2,1H3,(H,23,24)(H,25,26);3-6H,2,7-8H2,1H3,(H,23,24)(H,25,26). The molecule has 0 saturated carbocycles. The van der Waals surface area contributed by atoms with Crippen LogP contribution in [-0.4, -0.2) is 81.3 Å². The van der Waals surface area contributed by atoms with E-state index >= 15 is 0 Å². The maximum atomic E-state index is 13.9. The number of halogens is 7. The molecule has 0 aliphatic rings. The molecule has 0 spiro atoms. The molecule has 0 atom stereocenters. The second-order valence-electron chi connectivity index (χ2n) is 11.8. The molecule has 2 aromatic heterocycles. The van der Waals surface area contributed by atoms with E-state index in [9.17, 15) is 59.5 Å². The van der Waals surface area contributed by atoms with Gasteiger partial charge in [-0.25, -0.2) is 4.39 Å². The number of amides is 2. The fourth-order valence-electron chi connectivity index (χ4n) is 4.71. The highest BCUT2D eigenvalue weighted by atomic mass is 32.2. The van der Waals surface area contributed by atoms with E-state index in [0.29, 0.717) is 30.0 Å². The van der Waals surface area contributed by atoms with Gasteiger partial charge in [0.2, 0.25) is 11.8 Å². The molecule has 4 rings (SSSR count). The Morgan fingerprint density at radius 1 is 0.650 bits per heavy atom. The number of hydrogen-bond donors (Lipinski definition) is 4. The van der Waals surface area contributed by atoms with E-state index in [0.717, 1.165) is 69.2 Å². The summed E-state index contributed by atoms with van der Waals surface area (Å²) < 4.78 is 94.9. The van der Waals surface area contributed by atoms with E-state index < -0.39 is 65.4 Å². The van der Waals surface area contributed by atoms with E-state index in [-0.39, 0.29) is 50.3 Å². The summed E-state index contributed by atoms with van der Waals surface area (Å²) in [6.45, 7) is 3.78.